The van der Waals surface area contributed by atoms with E-state index in [4.69, 9.17) is 16.3 Å². The van der Waals surface area contributed by atoms with E-state index in [-0.39, 0.29) is 11.5 Å². The van der Waals surface area contributed by atoms with Crippen LogP contribution in [-0.2, 0) is 14.8 Å². The van der Waals surface area contributed by atoms with Gasteiger partial charge in [0.2, 0.25) is 0 Å². The monoisotopic (exact) mass is 460 g/mol. The molecule has 0 spiro atoms. The molecule has 0 aromatic heterocycles. The zero-order valence-corrected chi connectivity index (χ0v) is 17.3. The first-order valence-electron chi connectivity index (χ1n) is 7.67. The molecular formula is C17H18BrClN2O4S. The Morgan fingerprint density at radius 1 is 1.19 bits per heavy atom. The van der Waals surface area contributed by atoms with Crippen LogP contribution < -0.4 is 15.0 Å². The topological polar surface area (TPSA) is 84.5 Å². The van der Waals surface area contributed by atoms with Gasteiger partial charge in [-0.3, -0.25) is 10.2 Å². The molecule has 0 saturated carbocycles. The summed E-state index contributed by atoms with van der Waals surface area (Å²) in [6, 6.07) is 11.1. The summed E-state index contributed by atoms with van der Waals surface area (Å²) in [6.45, 7) is 3.80. The first-order valence-corrected chi connectivity index (χ1v) is 10.3. The van der Waals surface area contributed by atoms with Crippen LogP contribution in [0.15, 0.2) is 51.8 Å². The van der Waals surface area contributed by atoms with Crippen molar-refractivity contribution in [3.05, 3.63) is 57.5 Å². The van der Waals surface area contributed by atoms with Gasteiger partial charge < -0.3 is 4.74 Å². The van der Waals surface area contributed by atoms with Crippen LogP contribution in [0, 0.1) is 0 Å². The second-order valence-corrected chi connectivity index (χ2v) is 8.71. The fourth-order valence-electron chi connectivity index (χ4n) is 1.97. The van der Waals surface area contributed by atoms with Gasteiger partial charge in [0.1, 0.15) is 5.75 Å². The highest BCUT2D eigenvalue weighted by Crippen LogP contribution is 2.28. The summed E-state index contributed by atoms with van der Waals surface area (Å²) < 4.78 is 30.3. The maximum atomic E-state index is 12.1. The molecule has 0 atom stereocenters. The highest BCUT2D eigenvalue weighted by Gasteiger charge is 2.15. The predicted molar refractivity (Wildman–Crippen MR) is 104 cm³/mol. The number of amides is 1. The molecular weight excluding hydrogens is 444 g/mol. The number of hydrogen-bond donors (Lipinski definition) is 2. The molecule has 0 bridgehead atoms. The summed E-state index contributed by atoms with van der Waals surface area (Å²) >= 11 is 9.12. The second-order valence-electron chi connectivity index (χ2n) is 5.74. The first-order chi connectivity index (χ1) is 12.2. The molecule has 0 aliphatic rings. The van der Waals surface area contributed by atoms with Gasteiger partial charge in [-0.2, -0.15) is 0 Å². The van der Waals surface area contributed by atoms with Gasteiger partial charge in [0, 0.05) is 5.02 Å². The van der Waals surface area contributed by atoms with Crippen LogP contribution in [0.2, 0.25) is 5.02 Å². The first kappa shape index (κ1) is 20.7. The van der Waals surface area contributed by atoms with Crippen molar-refractivity contribution in [2.75, 3.05) is 6.61 Å². The zero-order valence-electron chi connectivity index (χ0n) is 14.1. The molecule has 0 heterocycles. The highest BCUT2D eigenvalue weighted by atomic mass is 79.9. The molecule has 2 aromatic carbocycles. The molecule has 26 heavy (non-hydrogen) atoms. The van der Waals surface area contributed by atoms with Crippen molar-refractivity contribution in [1.29, 1.82) is 0 Å². The molecule has 140 valence electrons. The van der Waals surface area contributed by atoms with Crippen molar-refractivity contribution in [2.24, 2.45) is 0 Å². The molecule has 9 heteroatoms. The number of halogens is 2. The van der Waals surface area contributed by atoms with E-state index in [0.29, 0.717) is 16.7 Å². The lowest BCUT2D eigenvalue weighted by Crippen LogP contribution is -2.43. The number of carbonyl (C=O) groups is 1. The quantitative estimate of drug-likeness (QED) is 0.617. The third-order valence-electron chi connectivity index (χ3n) is 3.43. The Hall–Kier alpha value is -1.61. The average molecular weight is 462 g/mol. The molecule has 1 amide bonds. The summed E-state index contributed by atoms with van der Waals surface area (Å²) in [5.41, 5.74) is 3.23. The molecule has 2 N–H and O–H groups in total. The van der Waals surface area contributed by atoms with Gasteiger partial charge in [-0.25, -0.2) is 8.42 Å². The van der Waals surface area contributed by atoms with E-state index < -0.39 is 15.9 Å². The third-order valence-corrected chi connectivity index (χ3v) is 5.57. The largest absolute Gasteiger partial charge is 0.483 e. The Kier molecular flexibility index (Phi) is 7.05. The maximum absolute atomic E-state index is 12.1. The molecule has 0 aliphatic heterocycles. The van der Waals surface area contributed by atoms with Crippen molar-refractivity contribution in [1.82, 2.24) is 10.3 Å². The van der Waals surface area contributed by atoms with Crippen LogP contribution in [0.5, 0.6) is 5.75 Å². The van der Waals surface area contributed by atoms with Gasteiger partial charge in [-0.05, 0) is 63.8 Å². The summed E-state index contributed by atoms with van der Waals surface area (Å²) in [5, 5.41) is 0.412. The number of ether oxygens (including phenoxy) is 1. The van der Waals surface area contributed by atoms with Crippen LogP contribution in [0.4, 0.5) is 0 Å². The summed E-state index contributed by atoms with van der Waals surface area (Å²) in [4.78, 5) is 13.8. The van der Waals surface area contributed by atoms with Crippen molar-refractivity contribution < 1.29 is 17.9 Å². The van der Waals surface area contributed by atoms with Crippen molar-refractivity contribution in [2.45, 2.75) is 24.7 Å². The minimum absolute atomic E-state index is 0.0184. The standard InChI is InChI=1S/C17H18BrClN2O4S/c1-11(2)12-3-8-16(15(18)9-12)25-10-17(22)20-21-26(23,24)14-6-4-13(19)5-7-14/h3-9,11,21H,10H2,1-2H3,(H,20,22). The Labute approximate surface area is 166 Å². The number of sulfonamides is 1. The summed E-state index contributed by atoms with van der Waals surface area (Å²) in [6.07, 6.45) is 0. The van der Waals surface area contributed by atoms with E-state index in [9.17, 15) is 13.2 Å². The number of rotatable bonds is 7. The number of hydrazine groups is 1. The van der Waals surface area contributed by atoms with Crippen LogP contribution in [-0.4, -0.2) is 20.9 Å². The predicted octanol–water partition coefficient (Wildman–Crippen LogP) is 3.61. The van der Waals surface area contributed by atoms with Crippen molar-refractivity contribution in [3.63, 3.8) is 0 Å². The Morgan fingerprint density at radius 3 is 2.42 bits per heavy atom. The van der Waals surface area contributed by atoms with Crippen LogP contribution in [0.25, 0.3) is 0 Å². The minimum atomic E-state index is -3.88. The normalized spacial score (nSPS) is 11.4. The number of carbonyl (C=O) groups excluding carboxylic acids is 1. The van der Waals surface area contributed by atoms with E-state index in [1.54, 1.807) is 6.07 Å². The van der Waals surface area contributed by atoms with Gasteiger partial charge in [0.25, 0.3) is 15.9 Å². The molecule has 0 radical (unpaired) electrons. The molecule has 2 aromatic rings. The lowest BCUT2D eigenvalue weighted by atomic mass is 10.0. The van der Waals surface area contributed by atoms with Gasteiger partial charge in [0.05, 0.1) is 9.37 Å². The fourth-order valence-corrected chi connectivity index (χ4v) is 3.47. The van der Waals surface area contributed by atoms with E-state index in [1.807, 2.05) is 17.0 Å². The van der Waals surface area contributed by atoms with Gasteiger partial charge in [-0.1, -0.05) is 31.5 Å². The zero-order chi connectivity index (χ0) is 19.3. The number of benzene rings is 2. The average Bonchev–Trinajstić information content (AvgIpc) is 2.59. The van der Waals surface area contributed by atoms with E-state index in [1.165, 1.54) is 24.3 Å². The van der Waals surface area contributed by atoms with Crippen LogP contribution >= 0.6 is 27.5 Å². The minimum Gasteiger partial charge on any atom is -0.483 e. The molecule has 2 rings (SSSR count). The lowest BCUT2D eigenvalue weighted by molar-refractivity contribution is -0.123. The van der Waals surface area contributed by atoms with Crippen molar-refractivity contribution in [3.8, 4) is 5.75 Å². The summed E-state index contributed by atoms with van der Waals surface area (Å²) in [5.74, 6) is 0.221. The van der Waals surface area contributed by atoms with Crippen molar-refractivity contribution >= 4 is 43.5 Å². The van der Waals surface area contributed by atoms with Crippen LogP contribution in [0.1, 0.15) is 25.3 Å². The fraction of sp³-hybridized carbons (Fsp3) is 0.235. The summed E-state index contributed by atoms with van der Waals surface area (Å²) in [7, 11) is -3.88. The van der Waals surface area contributed by atoms with E-state index in [2.05, 4.69) is 35.2 Å². The van der Waals surface area contributed by atoms with E-state index >= 15 is 0 Å². The van der Waals surface area contributed by atoms with Gasteiger partial charge >= 0.3 is 0 Å². The van der Waals surface area contributed by atoms with Crippen LogP contribution in [0.3, 0.4) is 0 Å². The molecule has 0 unspecified atom stereocenters. The highest BCUT2D eigenvalue weighted by molar-refractivity contribution is 9.10. The Balaban J connectivity index is 1.90. The second kappa shape index (κ2) is 8.85. The Bertz CT molecular complexity index is 886. The van der Waals surface area contributed by atoms with E-state index in [0.717, 1.165) is 10.0 Å². The number of nitrogens with one attached hydrogen (secondary N) is 2. The lowest BCUT2D eigenvalue weighted by Gasteiger charge is -2.12. The SMILES string of the molecule is CC(C)c1ccc(OCC(=O)NNS(=O)(=O)c2ccc(Cl)cc2)c(Br)c1. The number of hydrogen-bond acceptors (Lipinski definition) is 4. The maximum Gasteiger partial charge on any atom is 0.272 e. The third kappa shape index (κ3) is 5.70. The Morgan fingerprint density at radius 2 is 1.85 bits per heavy atom. The molecule has 0 saturated heterocycles. The molecule has 6 nitrogen and oxygen atoms in total. The molecule has 0 aliphatic carbocycles. The smallest absolute Gasteiger partial charge is 0.272 e. The van der Waals surface area contributed by atoms with Gasteiger partial charge in [-0.15, -0.1) is 4.83 Å². The van der Waals surface area contributed by atoms with Gasteiger partial charge in [0.15, 0.2) is 6.61 Å². The molecule has 0 fully saturated rings.